The average Bonchev–Trinajstić information content (AvgIpc) is 3.31. The molecule has 0 spiro atoms. The van der Waals surface area contributed by atoms with Crippen molar-refractivity contribution in [3.05, 3.63) is 71.2 Å². The Labute approximate surface area is 206 Å². The molecule has 2 aliphatic heterocycles. The predicted octanol–water partition coefficient (Wildman–Crippen LogP) is 5.60. The molecule has 0 unspecified atom stereocenters. The van der Waals surface area contributed by atoms with E-state index in [1.807, 2.05) is 6.07 Å². The molecule has 0 saturated carbocycles. The van der Waals surface area contributed by atoms with Crippen molar-refractivity contribution >= 4 is 22.6 Å². The van der Waals surface area contributed by atoms with Crippen molar-refractivity contribution in [2.24, 2.45) is 5.92 Å². The summed E-state index contributed by atoms with van der Waals surface area (Å²) in [6.07, 6.45) is 5.88. The van der Waals surface area contributed by atoms with Crippen LogP contribution in [0.3, 0.4) is 0 Å². The third-order valence-electron chi connectivity index (χ3n) is 7.76. The van der Waals surface area contributed by atoms with Crippen LogP contribution in [0.4, 0.5) is 4.39 Å². The molecule has 35 heavy (non-hydrogen) atoms. The number of nitrogens with zero attached hydrogens (tertiary/aromatic N) is 2. The largest absolute Gasteiger partial charge is 0.351 e. The number of carbonyl (C=O) groups is 2. The lowest BCUT2D eigenvalue weighted by Gasteiger charge is -2.38. The molecule has 0 radical (unpaired) electrons. The summed E-state index contributed by atoms with van der Waals surface area (Å²) in [6.45, 7) is 5.59. The van der Waals surface area contributed by atoms with E-state index in [2.05, 4.69) is 39.9 Å². The highest BCUT2D eigenvalue weighted by molar-refractivity contribution is 5.98. The zero-order valence-electron chi connectivity index (χ0n) is 20.4. The summed E-state index contributed by atoms with van der Waals surface area (Å²) in [5, 5.41) is 1.07. The van der Waals surface area contributed by atoms with Crippen LogP contribution in [-0.4, -0.2) is 58.7 Å². The first kappa shape index (κ1) is 23.7. The Hall–Kier alpha value is -2.99. The first-order valence-electron chi connectivity index (χ1n) is 12.9. The minimum atomic E-state index is -0.314. The average molecular weight is 476 g/mol. The molecular weight excluding hydrogens is 441 g/mol. The fourth-order valence-electron chi connectivity index (χ4n) is 5.68. The molecule has 1 amide bonds. The van der Waals surface area contributed by atoms with Gasteiger partial charge in [-0.25, -0.2) is 4.39 Å². The van der Waals surface area contributed by atoms with Crippen LogP contribution in [0.1, 0.15) is 64.9 Å². The maximum atomic E-state index is 13.4. The molecule has 3 aromatic rings. The van der Waals surface area contributed by atoms with Gasteiger partial charge < -0.3 is 14.8 Å². The van der Waals surface area contributed by atoms with Crippen molar-refractivity contribution in [1.82, 2.24) is 14.8 Å². The second-order valence-corrected chi connectivity index (χ2v) is 10.2. The lowest BCUT2D eigenvalue weighted by molar-refractivity contribution is 0.0563. The summed E-state index contributed by atoms with van der Waals surface area (Å²) in [6, 6.07) is 14.4. The quantitative estimate of drug-likeness (QED) is 0.473. The number of aromatic nitrogens is 1. The van der Waals surface area contributed by atoms with Crippen LogP contribution < -0.4 is 0 Å². The molecule has 1 N–H and O–H groups in total. The molecule has 6 heteroatoms. The number of aromatic amines is 1. The number of benzene rings is 2. The third-order valence-corrected chi connectivity index (χ3v) is 7.76. The summed E-state index contributed by atoms with van der Waals surface area (Å²) in [5.41, 5.74) is 3.48. The van der Waals surface area contributed by atoms with Crippen molar-refractivity contribution in [3.63, 3.8) is 0 Å². The second-order valence-electron chi connectivity index (χ2n) is 10.2. The van der Waals surface area contributed by atoms with E-state index >= 15 is 0 Å². The normalized spacial score (nSPS) is 19.8. The van der Waals surface area contributed by atoms with Crippen molar-refractivity contribution in [1.29, 1.82) is 0 Å². The Bertz CT molecular complexity index is 1190. The van der Waals surface area contributed by atoms with E-state index in [1.165, 1.54) is 17.7 Å². The standard InChI is InChI=1S/C29H34FN3O2/c1-20-5-6-23-19-27(31-26(23)18-20)29(35)33-14-3-2-4-25(33)13-17-32-15-11-22(12-16-32)28(34)21-7-9-24(30)10-8-21/h5-10,18-19,22,25,31H,2-4,11-17H2,1H3/t25-/m0/s1. The van der Waals surface area contributed by atoms with E-state index in [4.69, 9.17) is 0 Å². The summed E-state index contributed by atoms with van der Waals surface area (Å²) in [4.78, 5) is 34.0. The molecule has 5 rings (SSSR count). The fourth-order valence-corrected chi connectivity index (χ4v) is 5.68. The summed E-state index contributed by atoms with van der Waals surface area (Å²) in [5.74, 6) is -0.0734. The SMILES string of the molecule is Cc1ccc2cc(C(=O)N3CCCC[C@H]3CCN3CCC(C(=O)c4ccc(F)cc4)CC3)[nH]c2c1. The Balaban J connectivity index is 1.16. The van der Waals surface area contributed by atoms with Gasteiger partial charge in [0.15, 0.2) is 5.78 Å². The predicted molar refractivity (Wildman–Crippen MR) is 136 cm³/mol. The molecule has 3 heterocycles. The van der Waals surface area contributed by atoms with Crippen LogP contribution in [0.25, 0.3) is 10.9 Å². The molecule has 5 nitrogen and oxygen atoms in total. The van der Waals surface area contributed by atoms with E-state index < -0.39 is 0 Å². The monoisotopic (exact) mass is 475 g/mol. The van der Waals surface area contributed by atoms with Gasteiger partial charge in [0.25, 0.3) is 5.91 Å². The van der Waals surface area contributed by atoms with Gasteiger partial charge in [-0.15, -0.1) is 0 Å². The fraction of sp³-hybridized carbons (Fsp3) is 0.448. The van der Waals surface area contributed by atoms with Gasteiger partial charge in [-0.2, -0.15) is 0 Å². The van der Waals surface area contributed by atoms with Crippen LogP contribution >= 0.6 is 0 Å². The highest BCUT2D eigenvalue weighted by Crippen LogP contribution is 2.26. The van der Waals surface area contributed by atoms with Gasteiger partial charge in [-0.3, -0.25) is 9.59 Å². The van der Waals surface area contributed by atoms with Crippen molar-refractivity contribution in [2.75, 3.05) is 26.2 Å². The zero-order valence-corrected chi connectivity index (χ0v) is 20.4. The van der Waals surface area contributed by atoms with Crippen molar-refractivity contribution in [3.8, 4) is 0 Å². The maximum absolute atomic E-state index is 13.4. The number of ketones is 1. The molecule has 184 valence electrons. The van der Waals surface area contributed by atoms with Gasteiger partial charge in [0.1, 0.15) is 11.5 Å². The van der Waals surface area contributed by atoms with Gasteiger partial charge >= 0.3 is 0 Å². The Kier molecular flexibility index (Phi) is 7.00. The van der Waals surface area contributed by atoms with Crippen molar-refractivity contribution in [2.45, 2.75) is 51.5 Å². The highest BCUT2D eigenvalue weighted by atomic mass is 19.1. The molecule has 0 aliphatic carbocycles. The number of halogens is 1. The van der Waals surface area contributed by atoms with Crippen molar-refractivity contribution < 1.29 is 14.0 Å². The molecule has 1 aromatic heterocycles. The van der Waals surface area contributed by atoms with Crippen LogP contribution in [0.5, 0.6) is 0 Å². The van der Waals surface area contributed by atoms with Gasteiger partial charge in [0.05, 0.1) is 0 Å². The first-order valence-corrected chi connectivity index (χ1v) is 12.9. The van der Waals surface area contributed by atoms with Gasteiger partial charge in [0.2, 0.25) is 0 Å². The first-order chi connectivity index (χ1) is 17.0. The topological polar surface area (TPSA) is 56.4 Å². The van der Waals surface area contributed by atoms with Gasteiger partial charge in [-0.1, -0.05) is 12.1 Å². The second kappa shape index (κ2) is 10.3. The summed E-state index contributed by atoms with van der Waals surface area (Å²) >= 11 is 0. The van der Waals surface area contributed by atoms with E-state index in [0.717, 1.165) is 75.6 Å². The van der Waals surface area contributed by atoms with Crippen LogP contribution in [-0.2, 0) is 0 Å². The van der Waals surface area contributed by atoms with E-state index in [1.54, 1.807) is 12.1 Å². The molecule has 0 bridgehead atoms. The molecule has 2 aliphatic rings. The number of nitrogens with one attached hydrogen (secondary N) is 1. The molecule has 2 saturated heterocycles. The lowest BCUT2D eigenvalue weighted by Crippen LogP contribution is -2.46. The summed E-state index contributed by atoms with van der Waals surface area (Å²) in [7, 11) is 0. The smallest absolute Gasteiger partial charge is 0.270 e. The van der Waals surface area contributed by atoms with E-state index in [-0.39, 0.29) is 29.5 Å². The number of hydrogen-bond acceptors (Lipinski definition) is 3. The zero-order chi connectivity index (χ0) is 24.4. The summed E-state index contributed by atoms with van der Waals surface area (Å²) < 4.78 is 13.2. The Morgan fingerprint density at radius 2 is 1.74 bits per heavy atom. The number of carbonyl (C=O) groups excluding carboxylic acids is 2. The number of H-pyrrole nitrogens is 1. The van der Waals surface area contributed by atoms with Crippen LogP contribution in [0.2, 0.25) is 0 Å². The highest BCUT2D eigenvalue weighted by Gasteiger charge is 2.30. The number of piperidine rings is 2. The minimum Gasteiger partial charge on any atom is -0.351 e. The van der Waals surface area contributed by atoms with E-state index in [9.17, 15) is 14.0 Å². The molecule has 2 aromatic carbocycles. The number of likely N-dealkylation sites (tertiary alicyclic amines) is 2. The van der Waals surface area contributed by atoms with Crippen LogP contribution in [0, 0.1) is 18.7 Å². The number of amides is 1. The molecule has 2 fully saturated rings. The minimum absolute atomic E-state index is 0.00937. The van der Waals surface area contributed by atoms with Gasteiger partial charge in [-0.05, 0) is 100 Å². The number of fused-ring (bicyclic) bond motifs is 1. The third kappa shape index (κ3) is 5.32. The van der Waals surface area contributed by atoms with E-state index in [0.29, 0.717) is 11.3 Å². The molecule has 1 atom stereocenters. The number of Topliss-reactive ketones (excluding diaryl/α,β-unsaturated/α-hetero) is 1. The number of rotatable bonds is 6. The Morgan fingerprint density at radius 3 is 2.51 bits per heavy atom. The lowest BCUT2D eigenvalue weighted by atomic mass is 9.88. The van der Waals surface area contributed by atoms with Gasteiger partial charge in [0, 0.05) is 41.5 Å². The number of hydrogen-bond donors (Lipinski definition) is 1. The molecular formula is C29H34FN3O2. The van der Waals surface area contributed by atoms with Crippen LogP contribution in [0.15, 0.2) is 48.5 Å². The maximum Gasteiger partial charge on any atom is 0.270 e. The number of aryl methyl sites for hydroxylation is 1. The Morgan fingerprint density at radius 1 is 0.971 bits per heavy atom.